The highest BCUT2D eigenvalue weighted by atomic mass is 16.6. The number of methoxy groups -OCH3 is 1. The minimum absolute atomic E-state index is 0.125. The maximum Gasteiger partial charge on any atom is 0.337 e. The van der Waals surface area contributed by atoms with Crippen molar-refractivity contribution in [2.24, 2.45) is 5.10 Å². The standard InChI is InChI=1S/C28H34N6O9/c1-4-42-23-14-18(26-25(27(36)40-3)17(2)30-28(37)31-26)5-8-22(23)43-16-24(35)32-29-15-19-13-20(6-7-21(19)34(38)39)33-9-11-41-12-10-33/h5-8,13-15,24,26,32,35H,4,9-12,16H2,1-3H3,(H2,30,31,37)/b29-15-/t24-,26+/m0/s1. The number of nitro groups is 1. The number of allylic oxidation sites excluding steroid dienone is 1. The molecule has 2 aromatic rings. The molecule has 2 aliphatic heterocycles. The molecule has 0 radical (unpaired) electrons. The van der Waals surface area contributed by atoms with Crippen LogP contribution in [-0.4, -0.2) is 81.1 Å². The van der Waals surface area contributed by atoms with Gasteiger partial charge in [-0.2, -0.15) is 5.10 Å². The van der Waals surface area contributed by atoms with Crippen molar-refractivity contribution in [2.75, 3.05) is 51.5 Å². The number of nitrogens with zero attached hydrogens (tertiary/aromatic N) is 3. The molecule has 2 amide bonds. The van der Waals surface area contributed by atoms with Crippen LogP contribution < -0.4 is 30.4 Å². The van der Waals surface area contributed by atoms with E-state index < -0.39 is 29.2 Å². The van der Waals surface area contributed by atoms with Gasteiger partial charge in [-0.3, -0.25) is 15.5 Å². The van der Waals surface area contributed by atoms with Crippen molar-refractivity contribution < 1.29 is 38.6 Å². The molecule has 0 aromatic heterocycles. The second-order valence-corrected chi connectivity index (χ2v) is 9.51. The number of esters is 1. The fraction of sp³-hybridized carbons (Fsp3) is 0.393. The van der Waals surface area contributed by atoms with E-state index in [1.54, 1.807) is 44.2 Å². The third kappa shape index (κ3) is 7.69. The monoisotopic (exact) mass is 598 g/mol. The van der Waals surface area contributed by atoms with Crippen LogP contribution in [0.5, 0.6) is 11.5 Å². The minimum Gasteiger partial charge on any atom is -0.490 e. The summed E-state index contributed by atoms with van der Waals surface area (Å²) in [6.45, 7) is 5.92. The lowest BCUT2D eigenvalue weighted by atomic mass is 9.95. The lowest BCUT2D eigenvalue weighted by molar-refractivity contribution is -0.385. The summed E-state index contributed by atoms with van der Waals surface area (Å²) in [6, 6.07) is 8.39. The highest BCUT2D eigenvalue weighted by Crippen LogP contribution is 2.35. The lowest BCUT2D eigenvalue weighted by Gasteiger charge is -2.28. The predicted octanol–water partition coefficient (Wildman–Crippen LogP) is 1.95. The van der Waals surface area contributed by atoms with E-state index in [4.69, 9.17) is 18.9 Å². The Morgan fingerprint density at radius 2 is 2.02 bits per heavy atom. The molecule has 1 saturated heterocycles. The number of nitro benzene ring substituents is 1. The third-order valence-corrected chi connectivity index (χ3v) is 6.68. The number of amides is 2. The van der Waals surface area contributed by atoms with Gasteiger partial charge in [-0.05, 0) is 43.7 Å². The van der Waals surface area contributed by atoms with Crippen molar-refractivity contribution in [1.29, 1.82) is 0 Å². The minimum atomic E-state index is -1.27. The smallest absolute Gasteiger partial charge is 0.337 e. The van der Waals surface area contributed by atoms with E-state index in [1.165, 1.54) is 19.4 Å². The van der Waals surface area contributed by atoms with Crippen LogP contribution in [0.3, 0.4) is 0 Å². The maximum atomic E-state index is 12.4. The van der Waals surface area contributed by atoms with Gasteiger partial charge in [-0.15, -0.1) is 0 Å². The quantitative estimate of drug-likeness (QED) is 0.0920. The first kappa shape index (κ1) is 31.1. The van der Waals surface area contributed by atoms with E-state index in [0.29, 0.717) is 55.7 Å². The summed E-state index contributed by atoms with van der Waals surface area (Å²) in [7, 11) is 1.26. The van der Waals surface area contributed by atoms with Crippen LogP contribution in [0, 0.1) is 10.1 Å². The van der Waals surface area contributed by atoms with E-state index in [0.717, 1.165) is 5.69 Å². The number of aliphatic hydroxyl groups is 1. The predicted molar refractivity (Wildman–Crippen MR) is 155 cm³/mol. The largest absolute Gasteiger partial charge is 0.490 e. The molecule has 2 aromatic carbocycles. The number of carbonyl (C=O) groups is 2. The fourth-order valence-corrected chi connectivity index (χ4v) is 4.64. The number of carbonyl (C=O) groups excluding carboxylic acids is 2. The van der Waals surface area contributed by atoms with Crippen LogP contribution in [-0.2, 0) is 14.3 Å². The van der Waals surface area contributed by atoms with Crippen LogP contribution in [0.15, 0.2) is 52.8 Å². The first-order chi connectivity index (χ1) is 20.7. The summed E-state index contributed by atoms with van der Waals surface area (Å²) in [5.74, 6) is 0.0203. The highest BCUT2D eigenvalue weighted by Gasteiger charge is 2.32. The van der Waals surface area contributed by atoms with Gasteiger partial charge in [-0.1, -0.05) is 6.07 Å². The molecule has 2 atom stereocenters. The molecule has 0 saturated carbocycles. The molecule has 230 valence electrons. The summed E-state index contributed by atoms with van der Waals surface area (Å²) in [4.78, 5) is 37.7. The molecule has 1 fully saturated rings. The number of hydrazone groups is 1. The number of hydrogen-bond donors (Lipinski definition) is 4. The lowest BCUT2D eigenvalue weighted by Crippen LogP contribution is -2.45. The number of hydrogen-bond acceptors (Lipinski definition) is 12. The van der Waals surface area contributed by atoms with Crippen molar-refractivity contribution in [3.8, 4) is 11.5 Å². The molecule has 0 bridgehead atoms. The summed E-state index contributed by atoms with van der Waals surface area (Å²) >= 11 is 0. The molecule has 0 aliphatic carbocycles. The van der Waals surface area contributed by atoms with Crippen molar-refractivity contribution in [1.82, 2.24) is 16.1 Å². The molecule has 4 N–H and O–H groups in total. The van der Waals surface area contributed by atoms with Gasteiger partial charge < -0.3 is 39.6 Å². The van der Waals surface area contributed by atoms with E-state index in [9.17, 15) is 24.8 Å². The summed E-state index contributed by atoms with van der Waals surface area (Å²) in [5.41, 5.74) is 4.61. The zero-order valence-electron chi connectivity index (χ0n) is 24.0. The molecule has 0 spiro atoms. The zero-order chi connectivity index (χ0) is 30.9. The Hall–Kier alpha value is -4.89. The number of anilines is 1. The molecule has 15 nitrogen and oxygen atoms in total. The second-order valence-electron chi connectivity index (χ2n) is 9.51. The molecule has 4 rings (SSSR count). The SMILES string of the molecule is CCOc1cc([C@H]2NC(=O)NC(C)=C2C(=O)OC)ccc1OC[C@H](O)N/N=C\c1cc(N2CCOCC2)ccc1[N+](=O)[O-]. The first-order valence-corrected chi connectivity index (χ1v) is 13.6. The number of rotatable bonds is 12. The van der Waals surface area contributed by atoms with Gasteiger partial charge in [0.05, 0.1) is 55.2 Å². The van der Waals surface area contributed by atoms with E-state index in [2.05, 4.69) is 26.1 Å². The average Bonchev–Trinajstić information content (AvgIpc) is 3.00. The summed E-state index contributed by atoms with van der Waals surface area (Å²) < 4.78 is 21.7. The van der Waals surface area contributed by atoms with Crippen molar-refractivity contribution in [3.63, 3.8) is 0 Å². The van der Waals surface area contributed by atoms with Gasteiger partial charge in [0.2, 0.25) is 0 Å². The number of benzene rings is 2. The Morgan fingerprint density at radius 1 is 1.26 bits per heavy atom. The Labute approximate surface area is 247 Å². The summed E-state index contributed by atoms with van der Waals surface area (Å²) in [6.07, 6.45) is 0.0000656. The van der Waals surface area contributed by atoms with Crippen molar-refractivity contribution in [2.45, 2.75) is 26.1 Å². The van der Waals surface area contributed by atoms with Crippen LogP contribution in [0.4, 0.5) is 16.2 Å². The van der Waals surface area contributed by atoms with Crippen LogP contribution in [0.2, 0.25) is 0 Å². The molecule has 2 heterocycles. The number of nitrogens with one attached hydrogen (secondary N) is 3. The fourth-order valence-electron chi connectivity index (χ4n) is 4.64. The number of morpholine rings is 1. The van der Waals surface area contributed by atoms with Gasteiger partial charge in [-0.25, -0.2) is 9.59 Å². The Balaban J connectivity index is 1.44. The first-order valence-electron chi connectivity index (χ1n) is 13.6. The Kier molecular flexibility index (Phi) is 10.3. The van der Waals surface area contributed by atoms with E-state index >= 15 is 0 Å². The maximum absolute atomic E-state index is 12.4. The molecule has 15 heteroatoms. The Morgan fingerprint density at radius 3 is 2.72 bits per heavy atom. The molecular formula is C28H34N6O9. The van der Waals surface area contributed by atoms with Crippen LogP contribution in [0.1, 0.15) is 31.0 Å². The van der Waals surface area contributed by atoms with Crippen LogP contribution in [0.25, 0.3) is 0 Å². The second kappa shape index (κ2) is 14.3. The third-order valence-electron chi connectivity index (χ3n) is 6.68. The van der Waals surface area contributed by atoms with Crippen LogP contribution >= 0.6 is 0 Å². The molecule has 2 aliphatic rings. The van der Waals surface area contributed by atoms with Gasteiger partial charge in [0, 0.05) is 30.5 Å². The van der Waals surface area contributed by atoms with E-state index in [1.807, 2.05) is 0 Å². The van der Waals surface area contributed by atoms with E-state index in [-0.39, 0.29) is 23.4 Å². The number of aliphatic hydroxyl groups excluding tert-OH is 1. The number of ether oxygens (including phenoxy) is 4. The molecule has 0 unspecified atom stereocenters. The Bertz CT molecular complexity index is 1410. The van der Waals surface area contributed by atoms with Gasteiger partial charge in [0.1, 0.15) is 6.61 Å². The summed E-state index contributed by atoms with van der Waals surface area (Å²) in [5, 5.41) is 31.2. The average molecular weight is 599 g/mol. The van der Waals surface area contributed by atoms with Gasteiger partial charge >= 0.3 is 12.0 Å². The normalized spacial score (nSPS) is 17.6. The van der Waals surface area contributed by atoms with Gasteiger partial charge in [0.25, 0.3) is 5.69 Å². The molecule has 43 heavy (non-hydrogen) atoms. The topological polar surface area (TPSA) is 186 Å². The number of urea groups is 1. The highest BCUT2D eigenvalue weighted by molar-refractivity contribution is 5.95. The van der Waals surface area contributed by atoms with Crippen molar-refractivity contribution in [3.05, 3.63) is 68.9 Å². The zero-order valence-corrected chi connectivity index (χ0v) is 24.0. The van der Waals surface area contributed by atoms with Crippen molar-refractivity contribution >= 4 is 29.6 Å². The molecular weight excluding hydrogens is 564 g/mol. The van der Waals surface area contributed by atoms with Gasteiger partial charge in [0.15, 0.2) is 17.7 Å².